The van der Waals surface area contributed by atoms with Gasteiger partial charge < -0.3 is 10.1 Å². The first-order valence-corrected chi connectivity index (χ1v) is 7.91. The third-order valence-corrected chi connectivity index (χ3v) is 4.50. The Morgan fingerprint density at radius 1 is 1.29 bits per heavy atom. The molecule has 1 N–H and O–H groups in total. The van der Waals surface area contributed by atoms with Gasteiger partial charge in [0.15, 0.2) is 0 Å². The van der Waals surface area contributed by atoms with Crippen molar-refractivity contribution in [2.75, 3.05) is 7.11 Å². The van der Waals surface area contributed by atoms with E-state index in [2.05, 4.69) is 43.4 Å². The van der Waals surface area contributed by atoms with Crippen molar-refractivity contribution in [3.05, 3.63) is 57.8 Å². The molecule has 2 rings (SSSR count). The third-order valence-electron chi connectivity index (χ3n) is 3.51. The minimum absolute atomic E-state index is 0.0197. The molecule has 2 unspecified atom stereocenters. The van der Waals surface area contributed by atoms with Gasteiger partial charge in [0.25, 0.3) is 0 Å². The molecule has 0 aliphatic rings. The van der Waals surface area contributed by atoms with E-state index < -0.39 is 0 Å². The van der Waals surface area contributed by atoms with Crippen LogP contribution in [0.5, 0.6) is 0 Å². The lowest BCUT2D eigenvalue weighted by molar-refractivity contribution is -0.141. The molecule has 4 heteroatoms. The summed E-state index contributed by atoms with van der Waals surface area (Å²) >= 11 is 1.65. The Bertz CT molecular complexity index is 563. The Morgan fingerprint density at radius 2 is 2.00 bits per heavy atom. The minimum atomic E-state index is -0.197. The van der Waals surface area contributed by atoms with Gasteiger partial charge in [-0.15, -0.1) is 11.3 Å². The van der Waals surface area contributed by atoms with E-state index in [1.807, 2.05) is 17.5 Å². The van der Waals surface area contributed by atoms with Crippen molar-refractivity contribution in [3.8, 4) is 0 Å². The van der Waals surface area contributed by atoms with Gasteiger partial charge >= 0.3 is 5.97 Å². The molecule has 21 heavy (non-hydrogen) atoms. The topological polar surface area (TPSA) is 38.3 Å². The molecule has 0 spiro atoms. The van der Waals surface area contributed by atoms with Crippen molar-refractivity contribution >= 4 is 17.3 Å². The van der Waals surface area contributed by atoms with E-state index in [-0.39, 0.29) is 18.1 Å². The van der Waals surface area contributed by atoms with Gasteiger partial charge in [0, 0.05) is 10.9 Å². The van der Waals surface area contributed by atoms with Crippen molar-refractivity contribution in [3.63, 3.8) is 0 Å². The fourth-order valence-corrected chi connectivity index (χ4v) is 3.02. The number of hydrogen-bond donors (Lipinski definition) is 1. The lowest BCUT2D eigenvalue weighted by atomic mass is 10.0. The van der Waals surface area contributed by atoms with Crippen LogP contribution >= 0.6 is 11.3 Å². The summed E-state index contributed by atoms with van der Waals surface area (Å²) in [5.74, 6) is -0.197. The molecule has 0 saturated heterocycles. The fraction of sp³-hybridized carbons (Fsp3) is 0.353. The number of carbonyl (C=O) groups is 1. The first-order valence-electron chi connectivity index (χ1n) is 7.03. The summed E-state index contributed by atoms with van der Waals surface area (Å²) in [6.45, 7) is 4.19. The number of rotatable bonds is 6. The zero-order valence-corrected chi connectivity index (χ0v) is 13.4. The van der Waals surface area contributed by atoms with Gasteiger partial charge in [-0.25, -0.2) is 0 Å². The first kappa shape index (κ1) is 15.7. The largest absolute Gasteiger partial charge is 0.469 e. The van der Waals surface area contributed by atoms with Gasteiger partial charge in [0.2, 0.25) is 0 Å². The van der Waals surface area contributed by atoms with Gasteiger partial charge in [-0.3, -0.25) is 4.79 Å². The quantitative estimate of drug-likeness (QED) is 0.819. The number of thiophene rings is 1. The van der Waals surface area contributed by atoms with Gasteiger partial charge in [0.1, 0.15) is 0 Å². The molecular weight excluding hydrogens is 282 g/mol. The molecule has 2 atom stereocenters. The predicted octanol–water partition coefficient (Wildman–Crippen LogP) is 4.01. The SMILES string of the molecule is COC(=O)CC(NC(C)c1ccc(C)cc1)c1cccs1. The van der Waals surface area contributed by atoms with Crippen LogP contribution in [0.3, 0.4) is 0 Å². The molecule has 2 aromatic rings. The van der Waals surface area contributed by atoms with E-state index in [4.69, 9.17) is 4.74 Å². The lowest BCUT2D eigenvalue weighted by Crippen LogP contribution is -2.26. The number of aryl methyl sites for hydroxylation is 1. The molecule has 0 saturated carbocycles. The molecule has 0 amide bonds. The van der Waals surface area contributed by atoms with Gasteiger partial charge in [-0.1, -0.05) is 35.9 Å². The van der Waals surface area contributed by atoms with Crippen molar-refractivity contribution in [1.82, 2.24) is 5.32 Å². The van der Waals surface area contributed by atoms with Crippen LogP contribution < -0.4 is 5.32 Å². The molecule has 0 radical (unpaired) electrons. The maximum atomic E-state index is 11.6. The number of benzene rings is 1. The van der Waals surface area contributed by atoms with Crippen LogP contribution in [0, 0.1) is 6.92 Å². The predicted molar refractivity (Wildman–Crippen MR) is 86.4 cm³/mol. The third kappa shape index (κ3) is 4.41. The monoisotopic (exact) mass is 303 g/mol. The molecule has 0 aliphatic carbocycles. The standard InChI is InChI=1S/C17H21NO2S/c1-12-6-8-14(9-7-12)13(2)18-15(11-17(19)20-3)16-5-4-10-21-16/h4-10,13,15,18H,11H2,1-3H3. The van der Waals surface area contributed by atoms with Crippen LogP contribution in [0.4, 0.5) is 0 Å². The van der Waals surface area contributed by atoms with Crippen LogP contribution in [0.2, 0.25) is 0 Å². The van der Waals surface area contributed by atoms with Crippen molar-refractivity contribution in [1.29, 1.82) is 0 Å². The number of hydrogen-bond acceptors (Lipinski definition) is 4. The first-order chi connectivity index (χ1) is 10.1. The van der Waals surface area contributed by atoms with Crippen LogP contribution in [0.25, 0.3) is 0 Å². The molecular formula is C17H21NO2S. The molecule has 112 valence electrons. The maximum absolute atomic E-state index is 11.6. The highest BCUT2D eigenvalue weighted by molar-refractivity contribution is 7.10. The summed E-state index contributed by atoms with van der Waals surface area (Å²) in [7, 11) is 1.43. The molecule has 0 fully saturated rings. The summed E-state index contributed by atoms with van der Waals surface area (Å²) in [6, 6.07) is 12.7. The van der Waals surface area contributed by atoms with Crippen LogP contribution in [0.15, 0.2) is 41.8 Å². The van der Waals surface area contributed by atoms with Crippen LogP contribution in [-0.4, -0.2) is 13.1 Å². The Hall–Kier alpha value is -1.65. The van der Waals surface area contributed by atoms with Crippen molar-refractivity contribution < 1.29 is 9.53 Å². The summed E-state index contributed by atoms with van der Waals surface area (Å²) in [4.78, 5) is 12.8. The second kappa shape index (κ2) is 7.38. The number of esters is 1. The van der Waals surface area contributed by atoms with Gasteiger partial charge in [0.05, 0.1) is 19.6 Å². The van der Waals surface area contributed by atoms with E-state index in [0.29, 0.717) is 6.42 Å². The maximum Gasteiger partial charge on any atom is 0.307 e. The Balaban J connectivity index is 2.10. The molecule has 0 aliphatic heterocycles. The van der Waals surface area contributed by atoms with E-state index in [9.17, 15) is 4.79 Å². The zero-order chi connectivity index (χ0) is 15.2. The van der Waals surface area contributed by atoms with E-state index in [0.717, 1.165) is 4.88 Å². The molecule has 0 bridgehead atoms. The average molecular weight is 303 g/mol. The smallest absolute Gasteiger partial charge is 0.307 e. The fourth-order valence-electron chi connectivity index (χ4n) is 2.23. The molecule has 1 aromatic heterocycles. The van der Waals surface area contributed by atoms with E-state index in [1.165, 1.54) is 18.2 Å². The van der Waals surface area contributed by atoms with E-state index >= 15 is 0 Å². The zero-order valence-electron chi connectivity index (χ0n) is 12.6. The highest BCUT2D eigenvalue weighted by Gasteiger charge is 2.20. The summed E-state index contributed by atoms with van der Waals surface area (Å²) in [5, 5.41) is 5.56. The summed E-state index contributed by atoms with van der Waals surface area (Å²) in [6.07, 6.45) is 0.340. The Kier molecular flexibility index (Phi) is 5.53. The highest BCUT2D eigenvalue weighted by Crippen LogP contribution is 2.26. The number of methoxy groups -OCH3 is 1. The highest BCUT2D eigenvalue weighted by atomic mass is 32.1. The summed E-state index contributed by atoms with van der Waals surface area (Å²) in [5.41, 5.74) is 2.46. The normalized spacial score (nSPS) is 13.7. The van der Waals surface area contributed by atoms with Gasteiger partial charge in [-0.05, 0) is 30.9 Å². The lowest BCUT2D eigenvalue weighted by Gasteiger charge is -2.22. The minimum Gasteiger partial charge on any atom is -0.469 e. The van der Waals surface area contributed by atoms with Crippen LogP contribution in [-0.2, 0) is 9.53 Å². The second-order valence-corrected chi connectivity index (χ2v) is 6.13. The molecule has 3 nitrogen and oxygen atoms in total. The van der Waals surface area contributed by atoms with Crippen LogP contribution in [0.1, 0.15) is 41.4 Å². The average Bonchev–Trinajstić information content (AvgIpc) is 3.01. The number of carbonyl (C=O) groups excluding carboxylic acids is 1. The van der Waals surface area contributed by atoms with Gasteiger partial charge in [-0.2, -0.15) is 0 Å². The number of ether oxygens (including phenoxy) is 1. The van der Waals surface area contributed by atoms with Crippen molar-refractivity contribution in [2.45, 2.75) is 32.4 Å². The Labute approximate surface area is 130 Å². The summed E-state index contributed by atoms with van der Waals surface area (Å²) < 4.78 is 4.81. The number of nitrogens with one attached hydrogen (secondary N) is 1. The Morgan fingerprint density at radius 3 is 2.57 bits per heavy atom. The van der Waals surface area contributed by atoms with E-state index in [1.54, 1.807) is 11.3 Å². The second-order valence-electron chi connectivity index (χ2n) is 5.15. The molecule has 1 heterocycles. The van der Waals surface area contributed by atoms with Crippen molar-refractivity contribution in [2.24, 2.45) is 0 Å². The molecule has 1 aromatic carbocycles.